The van der Waals surface area contributed by atoms with Crippen molar-refractivity contribution in [1.82, 2.24) is 0 Å². The van der Waals surface area contributed by atoms with E-state index in [4.69, 9.17) is 10.8 Å². The summed E-state index contributed by atoms with van der Waals surface area (Å²) >= 11 is 0. The second-order valence-corrected chi connectivity index (χ2v) is 5.00. The number of carboxylic acid groups (broad SMARTS) is 1. The molecule has 0 radical (unpaired) electrons. The average Bonchev–Trinajstić information content (AvgIpc) is 2.60. The molecular weight excluding hydrogens is 230 g/mol. The Balaban J connectivity index is 1.97. The number of benzene rings is 1. The lowest BCUT2D eigenvalue weighted by Gasteiger charge is -2.16. The number of unbranched alkanes of at least 4 members (excludes halogenated alkanes) is 1. The third-order valence-corrected chi connectivity index (χ3v) is 3.66. The monoisotopic (exact) mass is 249 g/mol. The molecule has 0 aliphatic heterocycles. The van der Waals surface area contributed by atoms with E-state index >= 15 is 0 Å². The quantitative estimate of drug-likeness (QED) is 0.697. The van der Waals surface area contributed by atoms with Crippen LogP contribution in [0, 0.1) is 0 Å². The number of phenols is 1. The first kappa shape index (κ1) is 12.9. The van der Waals surface area contributed by atoms with Crippen molar-refractivity contribution in [2.75, 3.05) is 0 Å². The van der Waals surface area contributed by atoms with E-state index in [9.17, 15) is 9.90 Å². The van der Waals surface area contributed by atoms with Crippen LogP contribution in [0.5, 0.6) is 5.75 Å². The molecule has 4 nitrogen and oxygen atoms in total. The molecule has 2 rings (SSSR count). The molecule has 0 saturated heterocycles. The molecule has 1 aliphatic carbocycles. The summed E-state index contributed by atoms with van der Waals surface area (Å²) in [5, 5.41) is 18.1. The van der Waals surface area contributed by atoms with E-state index in [-0.39, 0.29) is 24.1 Å². The number of hydrogen-bond donors (Lipinski definition) is 3. The highest BCUT2D eigenvalue weighted by molar-refractivity contribution is 5.66. The van der Waals surface area contributed by atoms with E-state index in [1.807, 2.05) is 6.07 Å². The first-order chi connectivity index (χ1) is 8.58. The standard InChI is InChI=1S/C14H19NO3/c15-13-7-9-5-6-10(16)8-12(9)11(13)3-1-2-4-14(17)18/h5-6,8,11,13,16H,1-4,7,15H2,(H,17,18). The van der Waals surface area contributed by atoms with Crippen LogP contribution < -0.4 is 5.73 Å². The molecule has 1 aromatic rings. The predicted molar refractivity (Wildman–Crippen MR) is 68.6 cm³/mol. The van der Waals surface area contributed by atoms with Crippen molar-refractivity contribution in [3.8, 4) is 5.75 Å². The maximum atomic E-state index is 10.4. The van der Waals surface area contributed by atoms with Crippen LogP contribution in [0.2, 0.25) is 0 Å². The SMILES string of the molecule is NC1Cc2ccc(O)cc2C1CCCCC(=O)O. The summed E-state index contributed by atoms with van der Waals surface area (Å²) in [4.78, 5) is 10.4. The van der Waals surface area contributed by atoms with Crippen molar-refractivity contribution in [1.29, 1.82) is 0 Å². The Morgan fingerprint density at radius 3 is 2.89 bits per heavy atom. The van der Waals surface area contributed by atoms with Crippen molar-refractivity contribution in [3.63, 3.8) is 0 Å². The minimum absolute atomic E-state index is 0.0895. The molecule has 0 spiro atoms. The number of phenolic OH excluding ortho intramolecular Hbond substituents is 1. The zero-order valence-electron chi connectivity index (χ0n) is 10.3. The fourth-order valence-electron chi connectivity index (χ4n) is 2.75. The zero-order chi connectivity index (χ0) is 13.1. The van der Waals surface area contributed by atoms with Crippen molar-refractivity contribution in [2.24, 2.45) is 5.73 Å². The first-order valence-corrected chi connectivity index (χ1v) is 6.37. The molecule has 0 bridgehead atoms. The van der Waals surface area contributed by atoms with E-state index < -0.39 is 5.97 Å². The van der Waals surface area contributed by atoms with Gasteiger partial charge in [0.05, 0.1) is 0 Å². The molecule has 0 aromatic heterocycles. The minimum Gasteiger partial charge on any atom is -0.508 e. The number of carbonyl (C=O) groups is 1. The fraction of sp³-hybridized carbons (Fsp3) is 0.500. The number of fused-ring (bicyclic) bond motifs is 1. The second-order valence-electron chi connectivity index (χ2n) is 5.00. The number of rotatable bonds is 5. The summed E-state index contributed by atoms with van der Waals surface area (Å²) in [7, 11) is 0. The Kier molecular flexibility index (Phi) is 3.87. The maximum absolute atomic E-state index is 10.4. The molecule has 18 heavy (non-hydrogen) atoms. The van der Waals surface area contributed by atoms with Gasteiger partial charge in [-0.2, -0.15) is 0 Å². The highest BCUT2D eigenvalue weighted by Gasteiger charge is 2.29. The van der Waals surface area contributed by atoms with Crippen LogP contribution in [0.1, 0.15) is 42.7 Å². The molecule has 0 saturated carbocycles. The van der Waals surface area contributed by atoms with Crippen LogP contribution in [-0.4, -0.2) is 22.2 Å². The first-order valence-electron chi connectivity index (χ1n) is 6.37. The van der Waals surface area contributed by atoms with E-state index in [0.29, 0.717) is 6.42 Å². The van der Waals surface area contributed by atoms with Gasteiger partial charge in [-0.25, -0.2) is 0 Å². The van der Waals surface area contributed by atoms with Gasteiger partial charge in [0.15, 0.2) is 0 Å². The van der Waals surface area contributed by atoms with Crippen LogP contribution in [0.3, 0.4) is 0 Å². The van der Waals surface area contributed by atoms with Gasteiger partial charge in [0.1, 0.15) is 5.75 Å². The summed E-state index contributed by atoms with van der Waals surface area (Å²) in [6.45, 7) is 0. The Labute approximate surface area is 106 Å². The third-order valence-electron chi connectivity index (χ3n) is 3.66. The highest BCUT2D eigenvalue weighted by Crippen LogP contribution is 2.37. The normalized spacial score (nSPS) is 21.8. The second kappa shape index (κ2) is 5.40. The Bertz CT molecular complexity index is 445. The van der Waals surface area contributed by atoms with Crippen molar-refractivity contribution < 1.29 is 15.0 Å². The van der Waals surface area contributed by atoms with Crippen LogP contribution >= 0.6 is 0 Å². The van der Waals surface area contributed by atoms with E-state index in [1.54, 1.807) is 12.1 Å². The highest BCUT2D eigenvalue weighted by atomic mass is 16.4. The van der Waals surface area contributed by atoms with Crippen LogP contribution in [-0.2, 0) is 11.2 Å². The van der Waals surface area contributed by atoms with Gasteiger partial charge in [-0.05, 0) is 48.4 Å². The number of aliphatic carboxylic acids is 1. The Morgan fingerprint density at radius 2 is 2.17 bits per heavy atom. The number of nitrogens with two attached hydrogens (primary N) is 1. The van der Waals surface area contributed by atoms with E-state index in [1.165, 1.54) is 5.56 Å². The van der Waals surface area contributed by atoms with Gasteiger partial charge in [-0.3, -0.25) is 4.79 Å². The lowest BCUT2D eigenvalue weighted by atomic mass is 9.92. The van der Waals surface area contributed by atoms with Gasteiger partial charge < -0.3 is 15.9 Å². The number of carboxylic acids is 1. The molecule has 1 aliphatic rings. The van der Waals surface area contributed by atoms with Crippen LogP contribution in [0.25, 0.3) is 0 Å². The molecule has 2 unspecified atom stereocenters. The molecule has 4 N–H and O–H groups in total. The smallest absolute Gasteiger partial charge is 0.303 e. The van der Waals surface area contributed by atoms with Gasteiger partial charge in [-0.1, -0.05) is 12.5 Å². The number of aromatic hydroxyl groups is 1. The molecule has 2 atom stereocenters. The van der Waals surface area contributed by atoms with Gasteiger partial charge in [0, 0.05) is 12.5 Å². The molecular formula is C14H19NO3. The molecule has 98 valence electrons. The maximum Gasteiger partial charge on any atom is 0.303 e. The number of hydrogen-bond acceptors (Lipinski definition) is 3. The van der Waals surface area contributed by atoms with E-state index in [2.05, 4.69) is 0 Å². The summed E-state index contributed by atoms with van der Waals surface area (Å²) in [6.07, 6.45) is 3.51. The largest absolute Gasteiger partial charge is 0.508 e. The third kappa shape index (κ3) is 2.82. The summed E-state index contributed by atoms with van der Waals surface area (Å²) in [5.74, 6) is -0.219. The van der Waals surface area contributed by atoms with Crippen molar-refractivity contribution in [3.05, 3.63) is 29.3 Å². The molecule has 0 heterocycles. The lowest BCUT2D eigenvalue weighted by Crippen LogP contribution is -2.24. The average molecular weight is 249 g/mol. The topological polar surface area (TPSA) is 83.5 Å². The molecule has 0 amide bonds. The fourth-order valence-corrected chi connectivity index (χ4v) is 2.75. The van der Waals surface area contributed by atoms with Crippen LogP contribution in [0.15, 0.2) is 18.2 Å². The summed E-state index contributed by atoms with van der Waals surface area (Å²) in [5.41, 5.74) is 8.47. The molecule has 4 heteroatoms. The van der Waals surface area contributed by atoms with Gasteiger partial charge >= 0.3 is 5.97 Å². The zero-order valence-corrected chi connectivity index (χ0v) is 10.3. The van der Waals surface area contributed by atoms with Gasteiger partial charge in [0.2, 0.25) is 0 Å². The Hall–Kier alpha value is -1.55. The van der Waals surface area contributed by atoms with Crippen molar-refractivity contribution >= 4 is 5.97 Å². The molecule has 0 fully saturated rings. The molecule has 1 aromatic carbocycles. The predicted octanol–water partition coefficient (Wildman–Crippen LogP) is 2.00. The Morgan fingerprint density at radius 1 is 1.39 bits per heavy atom. The van der Waals surface area contributed by atoms with E-state index in [0.717, 1.165) is 24.8 Å². The minimum atomic E-state index is -0.747. The van der Waals surface area contributed by atoms with Crippen molar-refractivity contribution in [2.45, 2.75) is 44.1 Å². The summed E-state index contributed by atoms with van der Waals surface area (Å²) < 4.78 is 0. The lowest BCUT2D eigenvalue weighted by molar-refractivity contribution is -0.137. The van der Waals surface area contributed by atoms with Crippen LogP contribution in [0.4, 0.5) is 0 Å². The summed E-state index contributed by atoms with van der Waals surface area (Å²) in [6, 6.07) is 5.51. The van der Waals surface area contributed by atoms with Gasteiger partial charge in [-0.15, -0.1) is 0 Å². The van der Waals surface area contributed by atoms with Gasteiger partial charge in [0.25, 0.3) is 0 Å².